The quantitative estimate of drug-likeness (QED) is 0.837. The first-order valence-corrected chi connectivity index (χ1v) is 6.10. The number of nitrogens with zero attached hydrogens (tertiary/aromatic N) is 2. The smallest absolute Gasteiger partial charge is 0.341 e. The van der Waals surface area contributed by atoms with Crippen LogP contribution in [0.3, 0.4) is 0 Å². The van der Waals surface area contributed by atoms with Crippen LogP contribution in [0.2, 0.25) is 0 Å². The Labute approximate surface area is 107 Å². The number of hydrogen-bond donors (Lipinski definition) is 2. The van der Waals surface area contributed by atoms with Crippen LogP contribution in [0.1, 0.15) is 23.5 Å². The molecule has 1 atom stereocenters. The topological polar surface area (TPSA) is 57.4 Å². The molecule has 0 aliphatic heterocycles. The van der Waals surface area contributed by atoms with Crippen molar-refractivity contribution in [2.45, 2.75) is 32.4 Å². The Hall–Kier alpha value is -1.79. The van der Waals surface area contributed by atoms with E-state index in [1.807, 2.05) is 6.92 Å². The molecule has 4 nitrogen and oxygen atoms in total. The molecule has 2 aromatic rings. The number of imidazole rings is 1. The van der Waals surface area contributed by atoms with Gasteiger partial charge in [0.15, 0.2) is 0 Å². The van der Waals surface area contributed by atoms with Crippen LogP contribution in [0, 0.1) is 12.8 Å². The van der Waals surface area contributed by atoms with Crippen LogP contribution in [-0.4, -0.2) is 26.3 Å². The van der Waals surface area contributed by atoms with Gasteiger partial charge in [0.2, 0.25) is 0 Å². The van der Waals surface area contributed by atoms with Crippen molar-refractivity contribution in [1.29, 1.82) is 0 Å². The summed E-state index contributed by atoms with van der Waals surface area (Å²) in [6, 6.07) is 0. The average Bonchev–Trinajstić information content (AvgIpc) is 2.91. The number of aromatic amines is 2. The number of aryl methyl sites for hydroxylation is 2. The average molecular weight is 270 g/mol. The molecule has 2 aromatic heterocycles. The van der Waals surface area contributed by atoms with Gasteiger partial charge < -0.3 is 4.98 Å². The zero-order valence-electron chi connectivity index (χ0n) is 10.3. The maximum atomic E-state index is 12.7. The van der Waals surface area contributed by atoms with Gasteiger partial charge in [-0.15, -0.1) is 0 Å². The largest absolute Gasteiger partial charge is 0.392 e. The molecule has 0 saturated carbocycles. The van der Waals surface area contributed by atoms with E-state index in [4.69, 9.17) is 0 Å². The lowest BCUT2D eigenvalue weighted by Gasteiger charge is -2.23. The Bertz CT molecular complexity index is 596. The van der Waals surface area contributed by atoms with Crippen molar-refractivity contribution >= 4 is 0 Å². The highest BCUT2D eigenvalue weighted by Crippen LogP contribution is 2.37. The van der Waals surface area contributed by atoms with Crippen LogP contribution in [0.25, 0.3) is 11.4 Å². The number of H-pyrrole nitrogens is 2. The lowest BCUT2D eigenvalue weighted by molar-refractivity contribution is -0.177. The molecule has 19 heavy (non-hydrogen) atoms. The molecule has 1 aliphatic carbocycles. The van der Waals surface area contributed by atoms with E-state index in [-0.39, 0.29) is 12.8 Å². The normalized spacial score (nSPS) is 19.5. The molecule has 0 amide bonds. The predicted octanol–water partition coefficient (Wildman–Crippen LogP) is 2.78. The summed E-state index contributed by atoms with van der Waals surface area (Å²) in [4.78, 5) is 7.40. The summed E-state index contributed by atoms with van der Waals surface area (Å²) in [6.07, 6.45) is -2.03. The number of alkyl halides is 3. The van der Waals surface area contributed by atoms with Gasteiger partial charge >= 0.3 is 6.18 Å². The van der Waals surface area contributed by atoms with Gasteiger partial charge in [0.05, 0.1) is 23.4 Å². The molecule has 0 aromatic carbocycles. The molecular weight excluding hydrogens is 257 g/mol. The van der Waals surface area contributed by atoms with Gasteiger partial charge in [0.25, 0.3) is 0 Å². The third-order valence-electron chi connectivity index (χ3n) is 3.59. The van der Waals surface area contributed by atoms with Crippen molar-refractivity contribution in [1.82, 2.24) is 20.2 Å². The first kappa shape index (κ1) is 12.3. The van der Waals surface area contributed by atoms with E-state index in [2.05, 4.69) is 20.2 Å². The zero-order valence-corrected chi connectivity index (χ0v) is 10.3. The van der Waals surface area contributed by atoms with Crippen molar-refractivity contribution in [3.8, 4) is 11.4 Å². The third-order valence-corrected chi connectivity index (χ3v) is 3.59. The van der Waals surface area contributed by atoms with Crippen LogP contribution in [0.5, 0.6) is 0 Å². The highest BCUT2D eigenvalue weighted by atomic mass is 19.4. The van der Waals surface area contributed by atoms with Gasteiger partial charge in [-0.3, -0.25) is 5.10 Å². The van der Waals surface area contributed by atoms with E-state index in [0.29, 0.717) is 17.9 Å². The molecule has 0 spiro atoms. The predicted molar refractivity (Wildman–Crippen MR) is 62.5 cm³/mol. The first-order valence-electron chi connectivity index (χ1n) is 6.10. The fraction of sp³-hybridized carbons (Fsp3) is 0.500. The molecule has 0 bridgehead atoms. The number of fused-ring (bicyclic) bond motifs is 1. The van der Waals surface area contributed by atoms with Crippen LogP contribution in [-0.2, 0) is 12.8 Å². The fourth-order valence-corrected chi connectivity index (χ4v) is 2.48. The second-order valence-electron chi connectivity index (χ2n) is 4.90. The van der Waals surface area contributed by atoms with E-state index >= 15 is 0 Å². The maximum absolute atomic E-state index is 12.7. The molecule has 3 rings (SSSR count). The summed E-state index contributed by atoms with van der Waals surface area (Å²) >= 11 is 0. The van der Waals surface area contributed by atoms with Crippen LogP contribution < -0.4 is 0 Å². The van der Waals surface area contributed by atoms with Crippen molar-refractivity contribution in [2.24, 2.45) is 5.92 Å². The van der Waals surface area contributed by atoms with Crippen molar-refractivity contribution in [3.05, 3.63) is 23.3 Å². The van der Waals surface area contributed by atoms with Crippen LogP contribution in [0.15, 0.2) is 6.20 Å². The van der Waals surface area contributed by atoms with Gasteiger partial charge in [-0.2, -0.15) is 18.3 Å². The summed E-state index contributed by atoms with van der Waals surface area (Å²) < 4.78 is 38.2. The molecule has 0 radical (unpaired) electrons. The summed E-state index contributed by atoms with van der Waals surface area (Å²) in [5, 5.41) is 6.68. The number of halogens is 3. The van der Waals surface area contributed by atoms with Gasteiger partial charge in [-0.05, 0) is 19.8 Å². The summed E-state index contributed by atoms with van der Waals surface area (Å²) in [5.74, 6) is -0.669. The van der Waals surface area contributed by atoms with Gasteiger partial charge in [-0.1, -0.05) is 0 Å². The van der Waals surface area contributed by atoms with Crippen molar-refractivity contribution in [3.63, 3.8) is 0 Å². The molecule has 1 unspecified atom stereocenters. The van der Waals surface area contributed by atoms with E-state index in [1.54, 1.807) is 6.20 Å². The van der Waals surface area contributed by atoms with Crippen LogP contribution in [0.4, 0.5) is 13.2 Å². The summed E-state index contributed by atoms with van der Waals surface area (Å²) in [7, 11) is 0. The van der Waals surface area contributed by atoms with Crippen molar-refractivity contribution < 1.29 is 13.2 Å². The second-order valence-corrected chi connectivity index (χ2v) is 4.90. The number of hydrogen-bond acceptors (Lipinski definition) is 2. The van der Waals surface area contributed by atoms with Gasteiger partial charge in [-0.25, -0.2) is 4.98 Å². The van der Waals surface area contributed by atoms with E-state index < -0.39 is 12.1 Å². The lowest BCUT2D eigenvalue weighted by atomic mass is 9.89. The SMILES string of the molecule is Cc1[nH]ncc1-c1nc2c([nH]1)CC(C(F)(F)F)CC2. The van der Waals surface area contributed by atoms with Gasteiger partial charge in [0, 0.05) is 17.8 Å². The number of rotatable bonds is 1. The highest BCUT2D eigenvalue weighted by molar-refractivity contribution is 5.57. The minimum Gasteiger partial charge on any atom is -0.341 e. The van der Waals surface area contributed by atoms with E-state index in [1.165, 1.54) is 0 Å². The highest BCUT2D eigenvalue weighted by Gasteiger charge is 2.42. The minimum absolute atomic E-state index is 0.0112. The molecule has 0 fully saturated rings. The molecule has 0 saturated heterocycles. The molecule has 1 aliphatic rings. The third kappa shape index (κ3) is 2.13. The van der Waals surface area contributed by atoms with E-state index in [9.17, 15) is 13.2 Å². The maximum Gasteiger partial charge on any atom is 0.392 e. The Morgan fingerprint density at radius 3 is 2.79 bits per heavy atom. The summed E-state index contributed by atoms with van der Waals surface area (Å²) in [6.45, 7) is 1.85. The van der Waals surface area contributed by atoms with E-state index in [0.717, 1.165) is 17.0 Å². The standard InChI is InChI=1S/C12H13F3N4/c1-6-8(5-16-19-6)11-17-9-3-2-7(12(13,14)15)4-10(9)18-11/h5,7H,2-4H2,1H3,(H,16,19)(H,17,18). The fourth-order valence-electron chi connectivity index (χ4n) is 2.48. The summed E-state index contributed by atoms with van der Waals surface area (Å²) in [5.41, 5.74) is 3.00. The number of aromatic nitrogens is 4. The first-order chi connectivity index (χ1) is 8.95. The molecular formula is C12H13F3N4. The Morgan fingerprint density at radius 2 is 2.16 bits per heavy atom. The minimum atomic E-state index is -4.13. The second kappa shape index (κ2) is 4.11. The molecule has 7 heteroatoms. The lowest BCUT2D eigenvalue weighted by Crippen LogP contribution is -2.28. The van der Waals surface area contributed by atoms with Crippen LogP contribution >= 0.6 is 0 Å². The molecule has 2 heterocycles. The number of nitrogens with one attached hydrogen (secondary N) is 2. The van der Waals surface area contributed by atoms with Crippen molar-refractivity contribution in [2.75, 3.05) is 0 Å². The Morgan fingerprint density at radius 1 is 1.37 bits per heavy atom. The Kier molecular flexibility index (Phi) is 2.65. The van der Waals surface area contributed by atoms with Gasteiger partial charge in [0.1, 0.15) is 5.82 Å². The molecule has 102 valence electrons. The Balaban J connectivity index is 1.91. The molecule has 2 N–H and O–H groups in total. The zero-order chi connectivity index (χ0) is 13.6. The monoisotopic (exact) mass is 270 g/mol.